The summed E-state index contributed by atoms with van der Waals surface area (Å²) in [6.45, 7) is 4.40. The lowest BCUT2D eigenvalue weighted by atomic mass is 10.1. The molecule has 1 heterocycles. The lowest BCUT2D eigenvalue weighted by Crippen LogP contribution is -1.94. The van der Waals surface area contributed by atoms with E-state index in [2.05, 4.69) is 23.8 Å². The lowest BCUT2D eigenvalue weighted by Gasteiger charge is -2.04. The standard InChI is InChI=1S/C13H18N2O/c1-4-5-9(2)13-14-11-7-6-10(16-3)8-12(11)15-13/h6-9H,4-5H2,1-3H3,(H,14,15). The average molecular weight is 218 g/mol. The van der Waals surface area contributed by atoms with Crippen LogP contribution in [0.5, 0.6) is 5.75 Å². The van der Waals surface area contributed by atoms with Gasteiger partial charge in [0, 0.05) is 12.0 Å². The minimum atomic E-state index is 0.489. The number of imidazole rings is 1. The molecule has 0 spiro atoms. The van der Waals surface area contributed by atoms with Gasteiger partial charge in [0.15, 0.2) is 0 Å². The van der Waals surface area contributed by atoms with Crippen LogP contribution in [0.1, 0.15) is 38.4 Å². The van der Waals surface area contributed by atoms with Crippen molar-refractivity contribution in [3.63, 3.8) is 0 Å². The lowest BCUT2D eigenvalue weighted by molar-refractivity contribution is 0.415. The Kier molecular flexibility index (Phi) is 3.13. The molecule has 0 radical (unpaired) electrons. The highest BCUT2D eigenvalue weighted by Gasteiger charge is 2.10. The third-order valence-electron chi connectivity index (χ3n) is 2.90. The zero-order chi connectivity index (χ0) is 11.5. The number of nitrogens with one attached hydrogen (secondary N) is 1. The highest BCUT2D eigenvalue weighted by atomic mass is 16.5. The zero-order valence-electron chi connectivity index (χ0n) is 10.1. The molecule has 1 aromatic carbocycles. The number of methoxy groups -OCH3 is 1. The number of ether oxygens (including phenoxy) is 1. The van der Waals surface area contributed by atoms with Crippen LogP contribution in [0, 0.1) is 0 Å². The van der Waals surface area contributed by atoms with Gasteiger partial charge in [0.2, 0.25) is 0 Å². The molecule has 0 aliphatic rings. The predicted molar refractivity (Wildman–Crippen MR) is 66.0 cm³/mol. The van der Waals surface area contributed by atoms with E-state index in [9.17, 15) is 0 Å². The van der Waals surface area contributed by atoms with E-state index in [1.807, 2.05) is 18.2 Å². The van der Waals surface area contributed by atoms with E-state index >= 15 is 0 Å². The molecule has 0 saturated heterocycles. The zero-order valence-corrected chi connectivity index (χ0v) is 10.1. The third kappa shape index (κ3) is 2.03. The van der Waals surface area contributed by atoms with Crippen LogP contribution in [-0.2, 0) is 0 Å². The predicted octanol–water partition coefficient (Wildman–Crippen LogP) is 3.48. The normalized spacial score (nSPS) is 12.9. The highest BCUT2D eigenvalue weighted by molar-refractivity contribution is 5.76. The van der Waals surface area contributed by atoms with E-state index in [0.717, 1.165) is 29.0 Å². The molecule has 16 heavy (non-hydrogen) atoms. The largest absolute Gasteiger partial charge is 0.497 e. The molecule has 3 heteroatoms. The van der Waals surface area contributed by atoms with Gasteiger partial charge in [-0.2, -0.15) is 0 Å². The monoisotopic (exact) mass is 218 g/mol. The number of benzene rings is 1. The fraction of sp³-hybridized carbons (Fsp3) is 0.462. The smallest absolute Gasteiger partial charge is 0.121 e. The number of fused-ring (bicyclic) bond motifs is 1. The maximum atomic E-state index is 5.19. The molecule has 0 bridgehead atoms. The van der Waals surface area contributed by atoms with Crippen LogP contribution in [0.15, 0.2) is 18.2 Å². The number of hydrogen-bond acceptors (Lipinski definition) is 2. The van der Waals surface area contributed by atoms with Crippen molar-refractivity contribution in [1.82, 2.24) is 9.97 Å². The van der Waals surface area contributed by atoms with Gasteiger partial charge in [-0.1, -0.05) is 20.3 Å². The van der Waals surface area contributed by atoms with Crippen molar-refractivity contribution in [3.05, 3.63) is 24.0 Å². The molecule has 0 fully saturated rings. The SMILES string of the molecule is CCCC(C)c1nc2ccc(OC)cc2[nH]1. The van der Waals surface area contributed by atoms with Gasteiger partial charge >= 0.3 is 0 Å². The summed E-state index contributed by atoms with van der Waals surface area (Å²) in [5.74, 6) is 2.43. The van der Waals surface area contributed by atoms with Crippen LogP contribution >= 0.6 is 0 Å². The minimum absolute atomic E-state index is 0.489. The summed E-state index contributed by atoms with van der Waals surface area (Å²) in [7, 11) is 1.68. The molecule has 86 valence electrons. The number of aromatic nitrogens is 2. The van der Waals surface area contributed by atoms with Gasteiger partial charge in [-0.25, -0.2) is 4.98 Å². The quantitative estimate of drug-likeness (QED) is 0.853. The Bertz CT molecular complexity index is 476. The van der Waals surface area contributed by atoms with Gasteiger partial charge < -0.3 is 9.72 Å². The van der Waals surface area contributed by atoms with Crippen LogP contribution < -0.4 is 4.74 Å². The Morgan fingerprint density at radius 2 is 2.25 bits per heavy atom. The van der Waals surface area contributed by atoms with Crippen LogP contribution in [0.3, 0.4) is 0 Å². The fourth-order valence-electron chi connectivity index (χ4n) is 1.94. The van der Waals surface area contributed by atoms with Gasteiger partial charge in [-0.05, 0) is 18.6 Å². The number of nitrogens with zero attached hydrogens (tertiary/aromatic N) is 1. The van der Waals surface area contributed by atoms with Crippen molar-refractivity contribution in [2.75, 3.05) is 7.11 Å². The number of aromatic amines is 1. The van der Waals surface area contributed by atoms with Gasteiger partial charge in [-0.3, -0.25) is 0 Å². The van der Waals surface area contributed by atoms with E-state index in [-0.39, 0.29) is 0 Å². The maximum absolute atomic E-state index is 5.19. The maximum Gasteiger partial charge on any atom is 0.121 e. The van der Waals surface area contributed by atoms with Crippen molar-refractivity contribution in [2.24, 2.45) is 0 Å². The molecule has 0 saturated carbocycles. The van der Waals surface area contributed by atoms with Crippen molar-refractivity contribution < 1.29 is 4.74 Å². The molecular formula is C13H18N2O. The van der Waals surface area contributed by atoms with Gasteiger partial charge in [0.25, 0.3) is 0 Å². The first-order valence-corrected chi connectivity index (χ1v) is 5.78. The summed E-state index contributed by atoms with van der Waals surface area (Å²) < 4.78 is 5.19. The van der Waals surface area contributed by atoms with Crippen LogP contribution in [0.4, 0.5) is 0 Å². The molecule has 1 unspecified atom stereocenters. The molecule has 3 nitrogen and oxygen atoms in total. The second-order valence-corrected chi connectivity index (χ2v) is 4.19. The van der Waals surface area contributed by atoms with E-state index in [0.29, 0.717) is 5.92 Å². The molecule has 1 aromatic heterocycles. The molecule has 2 rings (SSSR count). The molecule has 1 atom stereocenters. The Morgan fingerprint density at radius 3 is 2.94 bits per heavy atom. The van der Waals surface area contributed by atoms with E-state index in [1.54, 1.807) is 7.11 Å². The summed E-state index contributed by atoms with van der Waals surface area (Å²) in [4.78, 5) is 7.96. The average Bonchev–Trinajstić information content (AvgIpc) is 2.71. The van der Waals surface area contributed by atoms with E-state index in [1.165, 1.54) is 6.42 Å². The summed E-state index contributed by atoms with van der Waals surface area (Å²) in [5, 5.41) is 0. The summed E-state index contributed by atoms with van der Waals surface area (Å²) >= 11 is 0. The first-order chi connectivity index (χ1) is 7.74. The topological polar surface area (TPSA) is 37.9 Å². The van der Waals surface area contributed by atoms with Gasteiger partial charge in [0.1, 0.15) is 11.6 Å². The van der Waals surface area contributed by atoms with E-state index < -0.39 is 0 Å². The van der Waals surface area contributed by atoms with Crippen molar-refractivity contribution in [1.29, 1.82) is 0 Å². The van der Waals surface area contributed by atoms with Crippen molar-refractivity contribution >= 4 is 11.0 Å². The summed E-state index contributed by atoms with van der Waals surface area (Å²) in [6, 6.07) is 5.93. The first kappa shape index (κ1) is 11.0. The number of rotatable bonds is 4. The Balaban J connectivity index is 2.35. The summed E-state index contributed by atoms with van der Waals surface area (Å²) in [5.41, 5.74) is 2.07. The van der Waals surface area contributed by atoms with Gasteiger partial charge in [0.05, 0.1) is 18.1 Å². The first-order valence-electron chi connectivity index (χ1n) is 5.78. The van der Waals surface area contributed by atoms with Crippen LogP contribution in [0.2, 0.25) is 0 Å². The van der Waals surface area contributed by atoms with Crippen molar-refractivity contribution in [3.8, 4) is 5.75 Å². The molecule has 0 aliphatic carbocycles. The second-order valence-electron chi connectivity index (χ2n) is 4.19. The molecular weight excluding hydrogens is 200 g/mol. The number of hydrogen-bond donors (Lipinski definition) is 1. The van der Waals surface area contributed by atoms with Gasteiger partial charge in [-0.15, -0.1) is 0 Å². The number of H-pyrrole nitrogens is 1. The highest BCUT2D eigenvalue weighted by Crippen LogP contribution is 2.23. The fourth-order valence-corrected chi connectivity index (χ4v) is 1.94. The molecule has 0 aliphatic heterocycles. The Hall–Kier alpha value is -1.51. The third-order valence-corrected chi connectivity index (χ3v) is 2.90. The van der Waals surface area contributed by atoms with Crippen LogP contribution in [-0.4, -0.2) is 17.1 Å². The minimum Gasteiger partial charge on any atom is -0.497 e. The van der Waals surface area contributed by atoms with E-state index in [4.69, 9.17) is 4.74 Å². The van der Waals surface area contributed by atoms with Crippen molar-refractivity contribution in [2.45, 2.75) is 32.6 Å². The summed E-state index contributed by atoms with van der Waals surface area (Å²) in [6.07, 6.45) is 2.35. The molecule has 1 N–H and O–H groups in total. The van der Waals surface area contributed by atoms with Crippen LogP contribution in [0.25, 0.3) is 11.0 Å². The molecule has 2 aromatic rings. The second kappa shape index (κ2) is 4.56. The Labute approximate surface area is 95.8 Å². The Morgan fingerprint density at radius 1 is 1.44 bits per heavy atom. The molecule has 0 amide bonds.